The van der Waals surface area contributed by atoms with E-state index in [1.165, 1.54) is 6.20 Å². The van der Waals surface area contributed by atoms with Crippen molar-refractivity contribution in [1.29, 1.82) is 0 Å². The summed E-state index contributed by atoms with van der Waals surface area (Å²) in [7, 11) is 0. The molecule has 0 fully saturated rings. The number of benzene rings is 1. The van der Waals surface area contributed by atoms with Crippen LogP contribution in [0.25, 0.3) is 5.57 Å². The van der Waals surface area contributed by atoms with Crippen molar-refractivity contribution in [3.63, 3.8) is 0 Å². The Hall–Kier alpha value is -1.61. The second-order valence-electron chi connectivity index (χ2n) is 2.78. The van der Waals surface area contributed by atoms with Gasteiger partial charge in [-0.25, -0.2) is 0 Å². The number of halogens is 1. The van der Waals surface area contributed by atoms with Gasteiger partial charge in [0.15, 0.2) is 0 Å². The monoisotopic (exact) mass is 209 g/mol. The van der Waals surface area contributed by atoms with Gasteiger partial charge in [0.1, 0.15) is 0 Å². The van der Waals surface area contributed by atoms with Crippen molar-refractivity contribution in [3.8, 4) is 0 Å². The SMILES string of the molecule is N/C=C(\C=C(N)N)c1cccc(Cl)c1. The highest BCUT2D eigenvalue weighted by Crippen LogP contribution is 2.19. The van der Waals surface area contributed by atoms with Gasteiger partial charge in [-0.15, -0.1) is 0 Å². The first kappa shape index (κ1) is 10.5. The fourth-order valence-corrected chi connectivity index (χ4v) is 1.27. The Kier molecular flexibility index (Phi) is 3.42. The average Bonchev–Trinajstić information content (AvgIpc) is 2.14. The van der Waals surface area contributed by atoms with E-state index in [4.69, 9.17) is 28.8 Å². The van der Waals surface area contributed by atoms with Gasteiger partial charge in [0.2, 0.25) is 0 Å². The summed E-state index contributed by atoms with van der Waals surface area (Å²) in [6, 6.07) is 7.29. The molecule has 0 unspecified atom stereocenters. The van der Waals surface area contributed by atoms with Crippen LogP contribution in [0.3, 0.4) is 0 Å². The Bertz CT molecular complexity index is 379. The lowest BCUT2D eigenvalue weighted by Crippen LogP contribution is -2.08. The zero-order chi connectivity index (χ0) is 10.6. The normalized spacial score (nSPS) is 11.1. The summed E-state index contributed by atoms with van der Waals surface area (Å²) < 4.78 is 0. The number of nitrogens with two attached hydrogens (primary N) is 3. The molecule has 0 atom stereocenters. The molecule has 3 nitrogen and oxygen atoms in total. The molecule has 74 valence electrons. The summed E-state index contributed by atoms with van der Waals surface area (Å²) >= 11 is 5.83. The molecular weight excluding hydrogens is 198 g/mol. The molecule has 4 heteroatoms. The molecule has 0 aromatic heterocycles. The lowest BCUT2D eigenvalue weighted by atomic mass is 10.1. The molecule has 0 amide bonds. The third-order valence-corrected chi connectivity index (χ3v) is 1.89. The van der Waals surface area contributed by atoms with Crippen molar-refractivity contribution in [3.05, 3.63) is 52.9 Å². The van der Waals surface area contributed by atoms with Crippen molar-refractivity contribution in [2.75, 3.05) is 0 Å². The second kappa shape index (κ2) is 4.58. The first-order valence-electron chi connectivity index (χ1n) is 4.04. The predicted molar refractivity (Wildman–Crippen MR) is 60.1 cm³/mol. The molecule has 0 bridgehead atoms. The molecule has 0 saturated heterocycles. The summed E-state index contributed by atoms with van der Waals surface area (Å²) in [5.74, 6) is 0.210. The van der Waals surface area contributed by atoms with E-state index in [-0.39, 0.29) is 5.82 Å². The molecule has 0 saturated carbocycles. The minimum absolute atomic E-state index is 0.210. The fraction of sp³-hybridized carbons (Fsp3) is 0. The van der Waals surface area contributed by atoms with E-state index in [1.54, 1.807) is 18.2 Å². The highest BCUT2D eigenvalue weighted by molar-refractivity contribution is 6.30. The number of rotatable bonds is 2. The van der Waals surface area contributed by atoms with Gasteiger partial charge in [-0.05, 0) is 23.8 Å². The molecule has 0 aliphatic rings. The third-order valence-electron chi connectivity index (χ3n) is 1.66. The topological polar surface area (TPSA) is 78.1 Å². The van der Waals surface area contributed by atoms with E-state index in [9.17, 15) is 0 Å². The predicted octanol–water partition coefficient (Wildman–Crippen LogP) is 1.40. The second-order valence-corrected chi connectivity index (χ2v) is 3.21. The van der Waals surface area contributed by atoms with Crippen LogP contribution in [-0.4, -0.2) is 0 Å². The first-order chi connectivity index (χ1) is 6.63. The van der Waals surface area contributed by atoms with Crippen LogP contribution in [0.1, 0.15) is 5.56 Å². The van der Waals surface area contributed by atoms with Crippen molar-refractivity contribution < 1.29 is 0 Å². The molecule has 0 aliphatic carbocycles. The molecule has 0 heterocycles. The van der Waals surface area contributed by atoms with Crippen molar-refractivity contribution in [2.24, 2.45) is 17.2 Å². The molecule has 6 N–H and O–H groups in total. The van der Waals surface area contributed by atoms with Gasteiger partial charge < -0.3 is 17.2 Å². The van der Waals surface area contributed by atoms with Crippen LogP contribution in [0.5, 0.6) is 0 Å². The van der Waals surface area contributed by atoms with Gasteiger partial charge in [-0.1, -0.05) is 23.7 Å². The maximum Gasteiger partial charge on any atom is 0.0940 e. The fourth-order valence-electron chi connectivity index (χ4n) is 1.08. The van der Waals surface area contributed by atoms with Crippen molar-refractivity contribution in [2.45, 2.75) is 0 Å². The zero-order valence-electron chi connectivity index (χ0n) is 7.57. The first-order valence-corrected chi connectivity index (χ1v) is 4.42. The Balaban J connectivity index is 3.09. The van der Waals surface area contributed by atoms with Crippen LogP contribution in [-0.2, 0) is 0 Å². The van der Waals surface area contributed by atoms with Crippen molar-refractivity contribution >= 4 is 17.2 Å². The quantitative estimate of drug-likeness (QED) is 0.645. The molecule has 1 aromatic rings. The summed E-state index contributed by atoms with van der Waals surface area (Å²) in [5.41, 5.74) is 17.8. The lowest BCUT2D eigenvalue weighted by molar-refractivity contribution is 1.25. The van der Waals surface area contributed by atoms with Crippen LogP contribution in [0, 0.1) is 0 Å². The molecule has 1 rings (SSSR count). The van der Waals surface area contributed by atoms with E-state index < -0.39 is 0 Å². The average molecular weight is 210 g/mol. The highest BCUT2D eigenvalue weighted by atomic mass is 35.5. The van der Waals surface area contributed by atoms with Crippen LogP contribution >= 0.6 is 11.6 Å². The van der Waals surface area contributed by atoms with Gasteiger partial charge in [0.25, 0.3) is 0 Å². The molecule has 1 aromatic carbocycles. The Morgan fingerprint density at radius 1 is 1.29 bits per heavy atom. The van der Waals surface area contributed by atoms with Gasteiger partial charge >= 0.3 is 0 Å². The van der Waals surface area contributed by atoms with Gasteiger partial charge in [-0.3, -0.25) is 0 Å². The summed E-state index contributed by atoms with van der Waals surface area (Å²) in [5, 5.41) is 0.644. The number of hydrogen-bond acceptors (Lipinski definition) is 3. The summed E-state index contributed by atoms with van der Waals surface area (Å²) in [6.45, 7) is 0. The summed E-state index contributed by atoms with van der Waals surface area (Å²) in [4.78, 5) is 0. The largest absolute Gasteiger partial charge is 0.404 e. The minimum atomic E-state index is 0.210. The standard InChI is InChI=1S/C10H12ClN3/c11-9-3-1-2-7(4-9)8(6-12)5-10(13)14/h1-6H,12-14H2/b8-6+. The summed E-state index contributed by atoms with van der Waals surface area (Å²) in [6.07, 6.45) is 3.02. The van der Waals surface area contributed by atoms with E-state index in [1.807, 2.05) is 12.1 Å². The Labute approximate surface area is 87.8 Å². The molecular formula is C10H12ClN3. The van der Waals surface area contributed by atoms with Gasteiger partial charge in [0.05, 0.1) is 5.82 Å². The molecule has 0 spiro atoms. The Morgan fingerprint density at radius 3 is 2.50 bits per heavy atom. The van der Waals surface area contributed by atoms with E-state index in [0.29, 0.717) is 5.02 Å². The highest BCUT2D eigenvalue weighted by Gasteiger charge is 1.98. The third kappa shape index (κ3) is 2.71. The van der Waals surface area contributed by atoms with E-state index in [0.717, 1.165) is 11.1 Å². The molecule has 0 aliphatic heterocycles. The Morgan fingerprint density at radius 2 is 2.00 bits per heavy atom. The van der Waals surface area contributed by atoms with E-state index in [2.05, 4.69) is 0 Å². The lowest BCUT2D eigenvalue weighted by Gasteiger charge is -2.02. The zero-order valence-corrected chi connectivity index (χ0v) is 8.33. The van der Waals surface area contributed by atoms with E-state index >= 15 is 0 Å². The van der Waals surface area contributed by atoms with Gasteiger partial charge in [-0.2, -0.15) is 0 Å². The number of allylic oxidation sites excluding steroid dienone is 2. The van der Waals surface area contributed by atoms with Crippen molar-refractivity contribution in [1.82, 2.24) is 0 Å². The minimum Gasteiger partial charge on any atom is -0.404 e. The number of hydrogen-bond donors (Lipinski definition) is 3. The molecule has 0 radical (unpaired) electrons. The maximum atomic E-state index is 5.83. The van der Waals surface area contributed by atoms with Crippen LogP contribution in [0.2, 0.25) is 5.02 Å². The maximum absolute atomic E-state index is 5.83. The smallest absolute Gasteiger partial charge is 0.0940 e. The van der Waals surface area contributed by atoms with Crippen LogP contribution < -0.4 is 17.2 Å². The van der Waals surface area contributed by atoms with Crippen LogP contribution in [0.15, 0.2) is 42.4 Å². The van der Waals surface area contributed by atoms with Crippen LogP contribution in [0.4, 0.5) is 0 Å². The molecule has 14 heavy (non-hydrogen) atoms. The van der Waals surface area contributed by atoms with Gasteiger partial charge in [0, 0.05) is 16.8 Å².